The molecule has 10 heteroatoms. The number of aromatic nitrogens is 1. The second-order valence-corrected chi connectivity index (χ2v) is 6.81. The van der Waals surface area contributed by atoms with Crippen LogP contribution in [0.4, 0.5) is 18.9 Å². The maximum absolute atomic E-state index is 14.1. The molecule has 1 heterocycles. The molecule has 1 amide bonds. The minimum atomic E-state index is -0.813. The van der Waals surface area contributed by atoms with Crippen LogP contribution in [0, 0.1) is 28.8 Å². The van der Waals surface area contributed by atoms with Crippen LogP contribution in [0.2, 0.25) is 0 Å². The molecular weight excluding hydrogens is 439 g/mol. The summed E-state index contributed by atoms with van der Waals surface area (Å²) in [5.74, 6) is -3.41. The standard InChI is InChI=1S/C23H18F3N3O4/c24-15-6-7-16(18(26)12-15)20-13-28-21(33-20)8-9-23(31)32-14-22(30)29(11-3-10-27)19-5-2-1-4-17(19)25/h1-2,4-7,12-13H,3,8-9,11,14H2. The maximum atomic E-state index is 14.1. The van der Waals surface area contributed by atoms with Crippen LogP contribution in [0.5, 0.6) is 0 Å². The van der Waals surface area contributed by atoms with Crippen LogP contribution in [0.25, 0.3) is 11.3 Å². The first-order valence-electron chi connectivity index (χ1n) is 9.86. The summed E-state index contributed by atoms with van der Waals surface area (Å²) >= 11 is 0. The molecule has 0 aliphatic carbocycles. The third-order valence-corrected chi connectivity index (χ3v) is 4.54. The number of esters is 1. The topological polar surface area (TPSA) is 96.4 Å². The minimum Gasteiger partial charge on any atom is -0.456 e. The molecule has 0 aliphatic heterocycles. The number of hydrogen-bond acceptors (Lipinski definition) is 6. The number of para-hydroxylation sites is 1. The summed E-state index contributed by atoms with van der Waals surface area (Å²) in [5.41, 5.74) is 0.00284. The average Bonchev–Trinajstić information content (AvgIpc) is 3.26. The van der Waals surface area contributed by atoms with Crippen LogP contribution < -0.4 is 4.90 Å². The largest absolute Gasteiger partial charge is 0.456 e. The lowest BCUT2D eigenvalue weighted by Gasteiger charge is -2.22. The van der Waals surface area contributed by atoms with E-state index in [0.29, 0.717) is 6.07 Å². The molecule has 0 radical (unpaired) electrons. The molecule has 3 aromatic rings. The number of carbonyl (C=O) groups is 2. The van der Waals surface area contributed by atoms with Gasteiger partial charge in [-0.25, -0.2) is 18.2 Å². The maximum Gasteiger partial charge on any atom is 0.306 e. The zero-order valence-corrected chi connectivity index (χ0v) is 17.3. The van der Waals surface area contributed by atoms with Crippen molar-refractivity contribution in [3.63, 3.8) is 0 Å². The van der Waals surface area contributed by atoms with Crippen molar-refractivity contribution in [1.82, 2.24) is 4.98 Å². The first kappa shape index (κ1) is 23.5. The van der Waals surface area contributed by atoms with Gasteiger partial charge in [-0.15, -0.1) is 0 Å². The van der Waals surface area contributed by atoms with E-state index in [1.807, 2.05) is 6.07 Å². The Morgan fingerprint density at radius 3 is 2.64 bits per heavy atom. The van der Waals surface area contributed by atoms with E-state index in [2.05, 4.69) is 4.98 Å². The van der Waals surface area contributed by atoms with E-state index in [4.69, 9.17) is 14.4 Å². The number of ether oxygens (including phenoxy) is 1. The number of anilines is 1. The molecule has 3 rings (SSSR count). The first-order valence-corrected chi connectivity index (χ1v) is 9.86. The number of oxazole rings is 1. The Kier molecular flexibility index (Phi) is 7.81. The van der Waals surface area contributed by atoms with Gasteiger partial charge in [-0.05, 0) is 24.3 Å². The molecule has 0 saturated carbocycles. The Bertz CT molecular complexity index is 1190. The Labute approximate surface area is 187 Å². The lowest BCUT2D eigenvalue weighted by molar-refractivity contribution is -0.147. The SMILES string of the molecule is N#CCCN(C(=O)COC(=O)CCc1ncc(-c2ccc(F)cc2F)o1)c1ccccc1F. The van der Waals surface area contributed by atoms with E-state index >= 15 is 0 Å². The number of benzene rings is 2. The lowest BCUT2D eigenvalue weighted by Crippen LogP contribution is -2.36. The molecule has 170 valence electrons. The fourth-order valence-corrected chi connectivity index (χ4v) is 2.95. The molecular formula is C23H18F3N3O4. The second kappa shape index (κ2) is 10.9. The van der Waals surface area contributed by atoms with Crippen molar-refractivity contribution in [2.45, 2.75) is 19.3 Å². The number of amides is 1. The van der Waals surface area contributed by atoms with Gasteiger partial charge in [0.1, 0.15) is 17.5 Å². The van der Waals surface area contributed by atoms with Gasteiger partial charge in [0.25, 0.3) is 5.91 Å². The van der Waals surface area contributed by atoms with E-state index in [9.17, 15) is 22.8 Å². The highest BCUT2D eigenvalue weighted by molar-refractivity contribution is 5.95. The van der Waals surface area contributed by atoms with E-state index in [1.54, 1.807) is 6.07 Å². The Balaban J connectivity index is 1.54. The van der Waals surface area contributed by atoms with Gasteiger partial charge in [0.05, 0.1) is 36.4 Å². The number of carbonyl (C=O) groups excluding carboxylic acids is 2. The third kappa shape index (κ3) is 6.20. The number of halogens is 3. The van der Waals surface area contributed by atoms with Gasteiger partial charge < -0.3 is 14.1 Å². The van der Waals surface area contributed by atoms with Crippen molar-refractivity contribution in [3.05, 3.63) is 72.0 Å². The van der Waals surface area contributed by atoms with Crippen molar-refractivity contribution < 1.29 is 31.9 Å². The third-order valence-electron chi connectivity index (χ3n) is 4.54. The molecule has 0 aliphatic rings. The van der Waals surface area contributed by atoms with Crippen LogP contribution in [-0.2, 0) is 20.7 Å². The minimum absolute atomic E-state index is 0.0152. The van der Waals surface area contributed by atoms with Crippen LogP contribution >= 0.6 is 0 Å². The summed E-state index contributed by atoms with van der Waals surface area (Å²) in [6.45, 7) is -0.705. The molecule has 33 heavy (non-hydrogen) atoms. The average molecular weight is 457 g/mol. The number of hydrogen-bond donors (Lipinski definition) is 0. The smallest absolute Gasteiger partial charge is 0.306 e. The molecule has 0 atom stereocenters. The van der Waals surface area contributed by atoms with Crippen LogP contribution in [0.15, 0.2) is 53.1 Å². The highest BCUT2D eigenvalue weighted by atomic mass is 19.1. The van der Waals surface area contributed by atoms with Crippen LogP contribution in [-0.4, -0.2) is 30.0 Å². The lowest BCUT2D eigenvalue weighted by atomic mass is 10.2. The van der Waals surface area contributed by atoms with E-state index in [1.165, 1.54) is 30.5 Å². The molecule has 0 fully saturated rings. The van der Waals surface area contributed by atoms with Gasteiger partial charge in [0, 0.05) is 19.0 Å². The zero-order valence-electron chi connectivity index (χ0n) is 17.3. The van der Waals surface area contributed by atoms with Crippen LogP contribution in [0.1, 0.15) is 18.7 Å². The predicted octanol–water partition coefficient (Wildman–Crippen LogP) is 4.18. The number of aryl methyl sites for hydroxylation is 1. The fourth-order valence-electron chi connectivity index (χ4n) is 2.95. The number of nitriles is 1. The van der Waals surface area contributed by atoms with Gasteiger partial charge in [-0.3, -0.25) is 9.59 Å². The van der Waals surface area contributed by atoms with Gasteiger partial charge in [0.2, 0.25) is 0 Å². The molecule has 0 bridgehead atoms. The summed E-state index contributed by atoms with van der Waals surface area (Å²) in [7, 11) is 0. The Morgan fingerprint density at radius 1 is 1.12 bits per heavy atom. The molecule has 0 spiro atoms. The normalized spacial score (nSPS) is 10.5. The number of rotatable bonds is 9. The highest BCUT2D eigenvalue weighted by Crippen LogP contribution is 2.24. The fraction of sp³-hybridized carbons (Fsp3) is 0.217. The Hall–Kier alpha value is -4.13. The van der Waals surface area contributed by atoms with Crippen LogP contribution in [0.3, 0.4) is 0 Å². The van der Waals surface area contributed by atoms with Gasteiger partial charge in [0.15, 0.2) is 18.3 Å². The molecule has 7 nitrogen and oxygen atoms in total. The molecule has 1 aromatic heterocycles. The van der Waals surface area contributed by atoms with Gasteiger partial charge in [-0.2, -0.15) is 5.26 Å². The van der Waals surface area contributed by atoms with Crippen molar-refractivity contribution in [3.8, 4) is 17.4 Å². The summed E-state index contributed by atoms with van der Waals surface area (Å²) < 4.78 is 51.3. The zero-order chi connectivity index (χ0) is 23.8. The van der Waals surface area contributed by atoms with Gasteiger partial charge >= 0.3 is 5.97 Å². The predicted molar refractivity (Wildman–Crippen MR) is 110 cm³/mol. The van der Waals surface area contributed by atoms with E-state index in [0.717, 1.165) is 11.0 Å². The molecule has 0 unspecified atom stereocenters. The monoisotopic (exact) mass is 457 g/mol. The first-order chi connectivity index (χ1) is 15.9. The number of nitrogens with zero attached hydrogens (tertiary/aromatic N) is 3. The molecule has 2 aromatic carbocycles. The van der Waals surface area contributed by atoms with Crippen molar-refractivity contribution >= 4 is 17.6 Å². The van der Waals surface area contributed by atoms with Crippen molar-refractivity contribution in [2.24, 2.45) is 0 Å². The van der Waals surface area contributed by atoms with Crippen molar-refractivity contribution in [1.29, 1.82) is 5.26 Å². The summed E-state index contributed by atoms with van der Waals surface area (Å²) in [5, 5.41) is 8.79. The molecule has 0 N–H and O–H groups in total. The second-order valence-electron chi connectivity index (χ2n) is 6.81. The summed E-state index contributed by atoms with van der Waals surface area (Å²) in [6.07, 6.45) is 1.05. The summed E-state index contributed by atoms with van der Waals surface area (Å²) in [4.78, 5) is 29.5. The highest BCUT2D eigenvalue weighted by Gasteiger charge is 2.20. The molecule has 0 saturated heterocycles. The van der Waals surface area contributed by atoms with E-state index < -0.39 is 35.9 Å². The summed E-state index contributed by atoms with van der Waals surface area (Å²) in [6, 6.07) is 10.5. The Morgan fingerprint density at radius 2 is 1.91 bits per heavy atom. The van der Waals surface area contributed by atoms with Crippen molar-refractivity contribution in [2.75, 3.05) is 18.1 Å². The van der Waals surface area contributed by atoms with Gasteiger partial charge in [-0.1, -0.05) is 12.1 Å². The quantitative estimate of drug-likeness (QED) is 0.447. The van der Waals surface area contributed by atoms with E-state index in [-0.39, 0.29) is 48.7 Å².